The van der Waals surface area contributed by atoms with Gasteiger partial charge in [-0.15, -0.1) is 0 Å². The Hall–Kier alpha value is -3.03. The van der Waals surface area contributed by atoms with Gasteiger partial charge in [0.1, 0.15) is 18.3 Å². The number of aliphatic hydroxyl groups excluding tert-OH is 2. The molecule has 7 nitrogen and oxygen atoms in total. The van der Waals surface area contributed by atoms with Crippen LogP contribution < -0.4 is 0 Å². The Kier molecular flexibility index (Phi) is 7.56. The van der Waals surface area contributed by atoms with E-state index in [1.807, 2.05) is 51.1 Å². The molecule has 0 unspecified atom stereocenters. The number of Topliss-reactive ketones (excluding diaryl/α,β-unsaturated/α-hetero) is 1. The van der Waals surface area contributed by atoms with Crippen LogP contribution in [0.1, 0.15) is 59.4 Å². The molecular formula is C31H38O7. The van der Waals surface area contributed by atoms with Crippen LogP contribution in [-0.2, 0) is 23.9 Å². The zero-order chi connectivity index (χ0) is 28.0. The van der Waals surface area contributed by atoms with E-state index in [0.717, 1.165) is 5.56 Å². The molecule has 38 heavy (non-hydrogen) atoms. The number of fused-ring (bicyclic) bond motifs is 3. The zero-order valence-electron chi connectivity index (χ0n) is 22.8. The minimum atomic E-state index is -1.27. The van der Waals surface area contributed by atoms with Gasteiger partial charge in [0.25, 0.3) is 0 Å². The summed E-state index contributed by atoms with van der Waals surface area (Å²) in [5.41, 5.74) is 0.620. The fourth-order valence-electron chi connectivity index (χ4n) is 7.03. The first kappa shape index (κ1) is 28.0. The van der Waals surface area contributed by atoms with E-state index >= 15 is 0 Å². The molecule has 7 heteroatoms. The Bertz CT molecular complexity index is 1190. The summed E-state index contributed by atoms with van der Waals surface area (Å²) < 4.78 is 11.8. The van der Waals surface area contributed by atoms with Crippen molar-refractivity contribution in [1.82, 2.24) is 0 Å². The molecule has 0 saturated heterocycles. The van der Waals surface area contributed by atoms with E-state index in [9.17, 15) is 24.6 Å². The summed E-state index contributed by atoms with van der Waals surface area (Å²) in [5, 5.41) is 23.1. The smallest absolute Gasteiger partial charge is 0.331 e. The molecule has 3 aliphatic rings. The largest absolute Gasteiger partial charge is 0.462 e. The fraction of sp³-hybridized carbons (Fsp3) is 0.516. The number of aliphatic hydroxyl groups is 2. The molecule has 1 aromatic rings. The van der Waals surface area contributed by atoms with Gasteiger partial charge in [-0.05, 0) is 53.5 Å². The number of carbonyl (C=O) groups excluding carboxylic acids is 3. The normalized spacial score (nSPS) is 34.8. The van der Waals surface area contributed by atoms with Crippen LogP contribution in [-0.4, -0.2) is 52.4 Å². The van der Waals surface area contributed by atoms with Gasteiger partial charge < -0.3 is 19.7 Å². The van der Waals surface area contributed by atoms with Crippen molar-refractivity contribution in [2.75, 3.05) is 0 Å². The van der Waals surface area contributed by atoms with Crippen LogP contribution in [0.25, 0.3) is 6.08 Å². The molecule has 2 bridgehead atoms. The highest BCUT2D eigenvalue weighted by atomic mass is 16.6. The number of ether oxygens (including phenoxy) is 2. The molecule has 7 atom stereocenters. The second-order valence-corrected chi connectivity index (χ2v) is 11.7. The summed E-state index contributed by atoms with van der Waals surface area (Å²) in [6.07, 6.45) is -0.0817. The van der Waals surface area contributed by atoms with Crippen molar-refractivity contribution in [3.63, 3.8) is 0 Å². The van der Waals surface area contributed by atoms with Gasteiger partial charge in [0.2, 0.25) is 0 Å². The lowest BCUT2D eigenvalue weighted by Gasteiger charge is -2.58. The van der Waals surface area contributed by atoms with Crippen molar-refractivity contribution in [3.05, 3.63) is 65.3 Å². The number of allylic oxidation sites excluding steroid dienone is 1. The second kappa shape index (κ2) is 10.3. The first-order valence-electron chi connectivity index (χ1n) is 13.2. The molecule has 2 saturated carbocycles. The Morgan fingerprint density at radius 1 is 1.11 bits per heavy atom. The van der Waals surface area contributed by atoms with Crippen molar-refractivity contribution >= 4 is 23.8 Å². The summed E-state index contributed by atoms with van der Waals surface area (Å²) in [4.78, 5) is 38.2. The molecule has 0 spiro atoms. The lowest BCUT2D eigenvalue weighted by molar-refractivity contribution is -0.183. The number of rotatable bonds is 4. The standard InChI is InChI=1S/C31H38O7/c1-17-22(33)16-21-28(37-19(3)32)26-18(2)23(38-24(34)13-12-20-10-8-7-9-11-20)14-15-31(26,6)29(36)27(35)25(17)30(21,4)5/h7-13,21,23,26-29,35-36H,2,14-16H2,1,3-6H3/t21-,23+,26+,27-,28-,29+,31+/m1/s1. The molecule has 1 aromatic carbocycles. The molecular weight excluding hydrogens is 484 g/mol. The lowest BCUT2D eigenvalue weighted by Crippen LogP contribution is -2.62. The molecule has 2 fully saturated rings. The third-order valence-corrected chi connectivity index (χ3v) is 9.08. The molecule has 0 heterocycles. The number of esters is 2. The summed E-state index contributed by atoms with van der Waals surface area (Å²) in [6.45, 7) is 13.0. The SMILES string of the molecule is C=C1[C@@H](OC(=O)C=Cc2ccccc2)CC[C@]2(C)[C@@H](O)[C@H](O)C3=C(C)C(=O)C[C@H]([C@@H](OC(C)=O)[C@H]12)C3(C)C. The van der Waals surface area contributed by atoms with E-state index < -0.39 is 59.0 Å². The van der Waals surface area contributed by atoms with Crippen LogP contribution in [0.15, 0.2) is 59.7 Å². The minimum Gasteiger partial charge on any atom is -0.462 e. The summed E-state index contributed by atoms with van der Waals surface area (Å²) >= 11 is 0. The van der Waals surface area contributed by atoms with Crippen molar-refractivity contribution in [1.29, 1.82) is 0 Å². The molecule has 0 radical (unpaired) electrons. The highest BCUT2D eigenvalue weighted by molar-refractivity contribution is 5.97. The van der Waals surface area contributed by atoms with Gasteiger partial charge in [0, 0.05) is 36.7 Å². The molecule has 0 aromatic heterocycles. The van der Waals surface area contributed by atoms with Gasteiger partial charge in [-0.1, -0.05) is 57.7 Å². The quantitative estimate of drug-likeness (QED) is 0.347. The second-order valence-electron chi connectivity index (χ2n) is 11.7. The van der Waals surface area contributed by atoms with Crippen LogP contribution in [0.4, 0.5) is 0 Å². The lowest BCUT2D eigenvalue weighted by atomic mass is 9.49. The van der Waals surface area contributed by atoms with Gasteiger partial charge in [-0.25, -0.2) is 4.79 Å². The minimum absolute atomic E-state index is 0.132. The van der Waals surface area contributed by atoms with Crippen LogP contribution in [0, 0.1) is 22.7 Å². The van der Waals surface area contributed by atoms with E-state index in [1.54, 1.807) is 13.0 Å². The van der Waals surface area contributed by atoms with E-state index in [0.29, 0.717) is 29.6 Å². The Morgan fingerprint density at radius 2 is 1.76 bits per heavy atom. The van der Waals surface area contributed by atoms with E-state index in [2.05, 4.69) is 6.58 Å². The van der Waals surface area contributed by atoms with Crippen LogP contribution in [0.3, 0.4) is 0 Å². The summed E-state index contributed by atoms with van der Waals surface area (Å²) in [5.74, 6) is -2.31. The Balaban J connectivity index is 1.73. The third kappa shape index (κ3) is 4.78. The number of carbonyl (C=O) groups is 3. The zero-order valence-corrected chi connectivity index (χ0v) is 22.8. The maximum atomic E-state index is 13.1. The van der Waals surface area contributed by atoms with Gasteiger partial charge in [0.05, 0.1) is 6.10 Å². The Morgan fingerprint density at radius 3 is 2.39 bits per heavy atom. The fourth-order valence-corrected chi connectivity index (χ4v) is 7.03. The molecule has 2 N–H and O–H groups in total. The van der Waals surface area contributed by atoms with Crippen LogP contribution in [0.5, 0.6) is 0 Å². The van der Waals surface area contributed by atoms with Crippen molar-refractivity contribution in [2.45, 2.75) is 78.3 Å². The molecule has 204 valence electrons. The van der Waals surface area contributed by atoms with Gasteiger partial charge >= 0.3 is 11.9 Å². The number of benzene rings is 1. The topological polar surface area (TPSA) is 110 Å². The predicted octanol–water partition coefficient (Wildman–Crippen LogP) is 4.18. The highest BCUT2D eigenvalue weighted by Crippen LogP contribution is 2.59. The summed E-state index contributed by atoms with van der Waals surface area (Å²) in [6, 6.07) is 9.38. The third-order valence-electron chi connectivity index (χ3n) is 9.08. The van der Waals surface area contributed by atoms with Crippen LogP contribution in [0.2, 0.25) is 0 Å². The van der Waals surface area contributed by atoms with Crippen molar-refractivity contribution in [2.24, 2.45) is 22.7 Å². The molecule has 0 aliphatic heterocycles. The van der Waals surface area contributed by atoms with Gasteiger partial charge in [-0.2, -0.15) is 0 Å². The van der Waals surface area contributed by atoms with E-state index in [-0.39, 0.29) is 12.2 Å². The number of hydrogen-bond acceptors (Lipinski definition) is 7. The average Bonchev–Trinajstić information content (AvgIpc) is 2.85. The summed E-state index contributed by atoms with van der Waals surface area (Å²) in [7, 11) is 0. The predicted molar refractivity (Wildman–Crippen MR) is 142 cm³/mol. The monoisotopic (exact) mass is 522 g/mol. The maximum absolute atomic E-state index is 13.1. The molecule has 3 aliphatic carbocycles. The average molecular weight is 523 g/mol. The van der Waals surface area contributed by atoms with Crippen LogP contribution >= 0.6 is 0 Å². The first-order chi connectivity index (χ1) is 17.8. The van der Waals surface area contributed by atoms with E-state index in [1.165, 1.54) is 13.0 Å². The molecule has 4 rings (SSSR count). The van der Waals surface area contributed by atoms with Crippen molar-refractivity contribution in [3.8, 4) is 0 Å². The van der Waals surface area contributed by atoms with Gasteiger partial charge in [0.15, 0.2) is 5.78 Å². The first-order valence-corrected chi connectivity index (χ1v) is 13.2. The maximum Gasteiger partial charge on any atom is 0.331 e. The molecule has 0 amide bonds. The van der Waals surface area contributed by atoms with Gasteiger partial charge in [-0.3, -0.25) is 9.59 Å². The Labute approximate surface area is 224 Å². The number of hydrogen-bond donors (Lipinski definition) is 2. The highest BCUT2D eigenvalue weighted by Gasteiger charge is 2.62. The van der Waals surface area contributed by atoms with Crippen molar-refractivity contribution < 1.29 is 34.1 Å². The van der Waals surface area contributed by atoms with E-state index in [4.69, 9.17) is 9.47 Å². The number of ketones is 1.